The second kappa shape index (κ2) is 17.5. The molecular weight excluding hydrogens is 819 g/mol. The minimum absolute atomic E-state index is 0.0153. The van der Waals surface area contributed by atoms with Crippen LogP contribution in [0.25, 0.3) is 16.5 Å². The van der Waals surface area contributed by atoms with E-state index in [1.165, 1.54) is 16.7 Å². The second-order valence-electron chi connectivity index (χ2n) is 16.8. The van der Waals surface area contributed by atoms with Crippen LogP contribution in [0.3, 0.4) is 0 Å². The average Bonchev–Trinajstić information content (AvgIpc) is 3.74. The number of nitriles is 1. The molecule has 318 valence electrons. The number of aromatic amines is 1. The lowest BCUT2D eigenvalue weighted by Crippen LogP contribution is -2.47. The number of anilines is 1. The fourth-order valence-corrected chi connectivity index (χ4v) is 9.29. The maximum Gasteiger partial charge on any atom is 0.268 e. The number of H-pyrrole nitrogens is 1. The predicted molar refractivity (Wildman–Crippen MR) is 232 cm³/mol. The first kappa shape index (κ1) is 42.2. The molecule has 1 aliphatic carbocycles. The number of nitrogens with one attached hydrogen (secondary N) is 2. The number of fused-ring (bicyclic) bond motifs is 1. The van der Waals surface area contributed by atoms with Crippen molar-refractivity contribution in [2.24, 2.45) is 5.41 Å². The zero-order valence-electron chi connectivity index (χ0n) is 34.2. The molecule has 8 rings (SSSR count). The summed E-state index contributed by atoms with van der Waals surface area (Å²) in [5.41, 5.74) is 4.10. The van der Waals surface area contributed by atoms with E-state index in [2.05, 4.69) is 50.5 Å². The van der Waals surface area contributed by atoms with Gasteiger partial charge in [0.25, 0.3) is 15.9 Å². The number of piperazine rings is 1. The molecule has 0 saturated carbocycles. The molecule has 1 amide bonds. The van der Waals surface area contributed by atoms with Crippen molar-refractivity contribution in [2.45, 2.75) is 56.5 Å². The lowest BCUT2D eigenvalue weighted by atomic mass is 9.72. The summed E-state index contributed by atoms with van der Waals surface area (Å²) in [6, 6.07) is 23.6. The van der Waals surface area contributed by atoms with Gasteiger partial charge in [-0.3, -0.25) is 9.69 Å². The molecule has 2 aliphatic heterocycles. The fraction of sp³-hybridized carbons (Fsp3) is 0.370. The Hall–Kier alpha value is -5.46. The summed E-state index contributed by atoms with van der Waals surface area (Å²) in [6.07, 6.45) is 6.21. The van der Waals surface area contributed by atoms with Crippen LogP contribution in [0.2, 0.25) is 5.02 Å². The van der Waals surface area contributed by atoms with Gasteiger partial charge in [0.1, 0.15) is 40.3 Å². The highest BCUT2D eigenvalue weighted by Crippen LogP contribution is 2.43. The number of carbonyl (C=O) groups is 1. The molecule has 15 heteroatoms. The Morgan fingerprint density at radius 1 is 1.02 bits per heavy atom. The lowest BCUT2D eigenvalue weighted by molar-refractivity contribution is -0.0331. The number of hydrogen-bond donors (Lipinski definition) is 2. The molecule has 0 radical (unpaired) electrons. The largest absolute Gasteiger partial charge is 0.473 e. The van der Waals surface area contributed by atoms with Crippen LogP contribution in [0.5, 0.6) is 17.4 Å². The number of sulfonamides is 1. The third-order valence-corrected chi connectivity index (χ3v) is 13.4. The minimum atomic E-state index is -4.54. The van der Waals surface area contributed by atoms with Gasteiger partial charge in [-0.2, -0.15) is 5.26 Å². The Balaban J connectivity index is 1.00. The van der Waals surface area contributed by atoms with E-state index < -0.39 is 26.5 Å². The van der Waals surface area contributed by atoms with E-state index in [9.17, 15) is 18.5 Å². The fourth-order valence-electron chi connectivity index (χ4n) is 8.23. The second-order valence-corrected chi connectivity index (χ2v) is 18.9. The number of rotatable bonds is 12. The van der Waals surface area contributed by atoms with Crippen LogP contribution in [0, 0.1) is 16.7 Å². The third-order valence-electron chi connectivity index (χ3n) is 11.9. The summed E-state index contributed by atoms with van der Waals surface area (Å²) >= 11 is 6.24. The number of aromatic nitrogens is 2. The van der Waals surface area contributed by atoms with E-state index in [0.29, 0.717) is 5.75 Å². The van der Waals surface area contributed by atoms with E-state index >= 15 is 4.39 Å². The van der Waals surface area contributed by atoms with Crippen molar-refractivity contribution in [3.8, 4) is 23.4 Å². The number of pyridine rings is 1. The molecule has 3 aromatic carbocycles. The van der Waals surface area contributed by atoms with Crippen LogP contribution < -0.4 is 19.1 Å². The zero-order chi connectivity index (χ0) is 42.8. The minimum Gasteiger partial charge on any atom is -0.473 e. The molecule has 2 saturated heterocycles. The molecule has 0 spiro atoms. The molecule has 0 unspecified atom stereocenters. The molecule has 0 atom stereocenters. The van der Waals surface area contributed by atoms with E-state index in [-0.39, 0.29) is 60.8 Å². The smallest absolute Gasteiger partial charge is 0.268 e. The van der Waals surface area contributed by atoms with Gasteiger partial charge in [0, 0.05) is 92.7 Å². The number of allylic oxidation sites excluding steroid dienone is 1. The van der Waals surface area contributed by atoms with Gasteiger partial charge >= 0.3 is 0 Å². The summed E-state index contributed by atoms with van der Waals surface area (Å²) in [5.74, 6) is -0.505. The van der Waals surface area contributed by atoms with Gasteiger partial charge in [-0.15, -0.1) is 0 Å². The topological polar surface area (TPSA) is 150 Å². The van der Waals surface area contributed by atoms with Gasteiger partial charge in [0.15, 0.2) is 0 Å². The number of hydrogen-bond acceptors (Lipinski definition) is 10. The highest BCUT2D eigenvalue weighted by atomic mass is 35.5. The number of carbonyl (C=O) groups excluding carboxylic acids is 1. The van der Waals surface area contributed by atoms with Crippen LogP contribution in [0.15, 0.2) is 95.7 Å². The number of benzene rings is 3. The lowest BCUT2D eigenvalue weighted by Gasteiger charge is -2.39. The number of halogens is 2. The first-order valence-electron chi connectivity index (χ1n) is 20.5. The van der Waals surface area contributed by atoms with Crippen molar-refractivity contribution in [1.82, 2.24) is 19.6 Å². The molecule has 2 fully saturated rings. The summed E-state index contributed by atoms with van der Waals surface area (Å²) in [7, 11) is -4.54. The molecule has 12 nitrogen and oxygen atoms in total. The van der Waals surface area contributed by atoms with Gasteiger partial charge in [0.05, 0.1) is 11.8 Å². The van der Waals surface area contributed by atoms with Crippen LogP contribution in [0.1, 0.15) is 67.4 Å². The number of ether oxygens (including phenoxy) is 3. The summed E-state index contributed by atoms with van der Waals surface area (Å²) in [6.45, 7) is 8.80. The van der Waals surface area contributed by atoms with Crippen LogP contribution in [-0.2, 0) is 14.8 Å². The molecule has 0 bridgehead atoms. The van der Waals surface area contributed by atoms with Crippen molar-refractivity contribution < 1.29 is 31.8 Å². The third kappa shape index (κ3) is 9.71. The van der Waals surface area contributed by atoms with Crippen LogP contribution in [0.4, 0.5) is 10.1 Å². The SMILES string of the molecule is CC1(C)CCC(CN2CCN(c3ccc(C(=O)NS(=O)(=O)c4cnc(OCC5(F)CCOCC5)c(C#N)c4)c(Oc4cccc5[nH]ccc45)c3)CC2)=C(c2ccc(Cl)cc2)C1. The normalized spacial score (nSPS) is 18.1. The Morgan fingerprint density at radius 3 is 2.54 bits per heavy atom. The highest BCUT2D eigenvalue weighted by Gasteiger charge is 2.34. The first-order chi connectivity index (χ1) is 29.3. The molecule has 61 heavy (non-hydrogen) atoms. The maximum atomic E-state index is 15.1. The van der Waals surface area contributed by atoms with Crippen molar-refractivity contribution in [3.63, 3.8) is 0 Å². The van der Waals surface area contributed by atoms with Gasteiger partial charge in [-0.05, 0) is 84.3 Å². The van der Waals surface area contributed by atoms with Crippen molar-refractivity contribution in [2.75, 3.05) is 57.4 Å². The average molecular weight is 867 g/mol. The van der Waals surface area contributed by atoms with E-state index in [0.717, 1.165) is 85.9 Å². The standard InChI is InChI=1S/C46H48ClFN6O6S/c1-45(2)14-12-32(39(26-45)31-6-8-34(47)9-7-31)29-53-18-20-54(21-19-53)35-10-11-38(42(25-35)60-41-5-3-4-40-37(41)13-17-50-40)43(55)52-61(56,57)36-24-33(27-49)44(51-28-36)59-30-46(48)15-22-58-23-16-46/h3-11,13,17,24-25,28,50H,12,14-16,18-23,26,29-30H2,1-2H3,(H,52,55). The summed E-state index contributed by atoms with van der Waals surface area (Å²) in [4.78, 5) is 25.4. The van der Waals surface area contributed by atoms with Gasteiger partial charge in [-0.1, -0.05) is 49.2 Å². The van der Waals surface area contributed by atoms with Gasteiger partial charge in [0.2, 0.25) is 5.88 Å². The Kier molecular flexibility index (Phi) is 12.1. The Labute approximate surface area is 360 Å². The van der Waals surface area contributed by atoms with Crippen molar-refractivity contribution in [1.29, 1.82) is 5.26 Å². The Bertz CT molecular complexity index is 2610. The molecule has 3 aliphatic rings. The molecule has 4 heterocycles. The molecular formula is C46H48ClFN6O6S. The van der Waals surface area contributed by atoms with E-state index in [4.69, 9.17) is 25.8 Å². The summed E-state index contributed by atoms with van der Waals surface area (Å²) in [5, 5.41) is 11.3. The van der Waals surface area contributed by atoms with E-state index in [1.54, 1.807) is 30.5 Å². The van der Waals surface area contributed by atoms with Crippen molar-refractivity contribution in [3.05, 3.63) is 112 Å². The molecule has 2 N–H and O–H groups in total. The number of alkyl halides is 1. The highest BCUT2D eigenvalue weighted by molar-refractivity contribution is 7.90. The van der Waals surface area contributed by atoms with Gasteiger partial charge in [-0.25, -0.2) is 22.5 Å². The summed E-state index contributed by atoms with van der Waals surface area (Å²) < 4.78 is 61.7. The van der Waals surface area contributed by atoms with Gasteiger partial charge < -0.3 is 24.1 Å². The van der Waals surface area contributed by atoms with Crippen LogP contribution >= 0.6 is 11.6 Å². The quantitative estimate of drug-likeness (QED) is 0.125. The molecule has 2 aromatic heterocycles. The number of amides is 1. The van der Waals surface area contributed by atoms with E-state index in [1.807, 2.05) is 36.4 Å². The number of nitrogens with zero attached hydrogens (tertiary/aromatic N) is 4. The van der Waals surface area contributed by atoms with Crippen LogP contribution in [-0.4, -0.2) is 87.4 Å². The monoisotopic (exact) mass is 866 g/mol. The maximum absolute atomic E-state index is 15.1. The zero-order valence-corrected chi connectivity index (χ0v) is 35.8. The first-order valence-corrected chi connectivity index (χ1v) is 22.3. The van der Waals surface area contributed by atoms with Crippen molar-refractivity contribution >= 4 is 49.7 Å². The molecule has 5 aromatic rings. The predicted octanol–water partition coefficient (Wildman–Crippen LogP) is 8.68. The Morgan fingerprint density at radius 2 is 1.79 bits per heavy atom.